The number of nitrogens with one attached hydrogen (secondary N) is 2. The maximum absolute atomic E-state index is 13.5. The van der Waals surface area contributed by atoms with Gasteiger partial charge in [0.05, 0.1) is 61.0 Å². The Kier molecular flexibility index (Phi) is 17.9. The molecule has 0 unspecified atom stereocenters. The highest BCUT2D eigenvalue weighted by Gasteiger charge is 2.43. The third kappa shape index (κ3) is 15.1. The molecule has 4 saturated heterocycles. The predicted molar refractivity (Wildman–Crippen MR) is 273 cm³/mol. The molecule has 4 bridgehead atoms. The first kappa shape index (κ1) is 59.7. The van der Waals surface area contributed by atoms with Crippen LogP contribution in [0.5, 0.6) is 11.8 Å². The third-order valence-corrected chi connectivity index (χ3v) is 13.3. The van der Waals surface area contributed by atoms with E-state index in [0.717, 1.165) is 39.7 Å². The Balaban J connectivity index is 0.000000192. The molecule has 0 spiro atoms. The molecule has 26 nitrogen and oxygen atoms in total. The standard InChI is InChI=1S/C25H30F3N7O5.C21H25N7O6.C3H6F3N/c1-14(25(26,27)28)9-18(36)20-30-10-17-21(32-20)35(15-5-4-8-34(17)11-15)23(37)33-22-29-7-6-19(31-22)38-12-16-13-39-24(2,3)40-16;1-21(2)33-11-13(34-21)10-32-15-5-6-22-19(24-15)26-20(31)28-12-4-3-7-27(9-12)14-8-23-16(18(29)30)25-17(14)28;1-2(7)3(4,5)6/h6-7,10,14-16H,4-5,8-9,11-13H2,1-3H3,(H,29,31,33,37);5-6,8,12-13H,3-4,7,9-11H2,1-2H3,(H,29,30)(H,22,24,26,31);2H,7H2,1H3/t14-,15-,16+;12-,13+;2-/m001/s1. The number of carbonyl (C=O) groups excluding carboxylic acids is 3. The van der Waals surface area contributed by atoms with Crippen LogP contribution in [-0.2, 0) is 18.9 Å². The second-order valence-corrected chi connectivity index (χ2v) is 20.6. The molecule has 6 atom stereocenters. The van der Waals surface area contributed by atoms with Gasteiger partial charge in [0.15, 0.2) is 29.0 Å². The van der Waals surface area contributed by atoms with Gasteiger partial charge in [0, 0.05) is 57.1 Å². The van der Waals surface area contributed by atoms with E-state index in [1.165, 1.54) is 34.6 Å². The predicted octanol–water partition coefficient (Wildman–Crippen LogP) is 6.00. The van der Waals surface area contributed by atoms with Crippen molar-refractivity contribution in [2.75, 3.05) is 82.8 Å². The zero-order valence-corrected chi connectivity index (χ0v) is 44.9. The molecule has 0 aromatic carbocycles. The highest BCUT2D eigenvalue weighted by Crippen LogP contribution is 2.40. The summed E-state index contributed by atoms with van der Waals surface area (Å²) in [7, 11) is 0. The summed E-state index contributed by atoms with van der Waals surface area (Å²) in [5.41, 5.74) is 5.59. The average Bonchev–Trinajstić information content (AvgIpc) is 4.12. The number of aromatic nitrogens is 8. The van der Waals surface area contributed by atoms with Crippen LogP contribution in [0.15, 0.2) is 36.9 Å². The molecular weight excluding hydrogens is 1090 g/mol. The number of fused-ring (bicyclic) bond motifs is 8. The summed E-state index contributed by atoms with van der Waals surface area (Å²) in [6, 6.07) is -0.130. The number of aromatic carboxylic acids is 1. The molecule has 81 heavy (non-hydrogen) atoms. The molecular formula is C49H61F6N15O11. The number of ketones is 1. The molecule has 0 saturated carbocycles. The Morgan fingerprint density at radius 2 is 1.14 bits per heavy atom. The van der Waals surface area contributed by atoms with E-state index in [4.69, 9.17) is 28.4 Å². The van der Waals surface area contributed by atoms with Gasteiger partial charge in [0.1, 0.15) is 25.4 Å². The average molecular weight is 1150 g/mol. The Morgan fingerprint density at radius 3 is 1.53 bits per heavy atom. The first-order chi connectivity index (χ1) is 38.1. The van der Waals surface area contributed by atoms with Crippen LogP contribution in [-0.4, -0.2) is 176 Å². The maximum Gasteiger partial charge on any atom is 0.403 e. The van der Waals surface area contributed by atoms with E-state index < -0.39 is 66.1 Å². The number of Topliss-reactive ketones (excluding diaryl/α,β-unsaturated/α-hetero) is 1. The fourth-order valence-electron chi connectivity index (χ4n) is 9.22. The van der Waals surface area contributed by atoms with Crippen LogP contribution in [0.2, 0.25) is 0 Å². The van der Waals surface area contributed by atoms with Gasteiger partial charge in [0.2, 0.25) is 35.3 Å². The van der Waals surface area contributed by atoms with E-state index in [1.807, 2.05) is 32.6 Å². The van der Waals surface area contributed by atoms with Gasteiger partial charge in [-0.05, 0) is 60.3 Å². The minimum absolute atomic E-state index is 0.0180. The lowest BCUT2D eigenvalue weighted by molar-refractivity contribution is -0.168. The molecule has 10 heterocycles. The normalized spacial score (nSPS) is 22.1. The second-order valence-electron chi connectivity index (χ2n) is 20.6. The van der Waals surface area contributed by atoms with Crippen molar-refractivity contribution in [2.24, 2.45) is 11.7 Å². The van der Waals surface area contributed by atoms with Gasteiger partial charge in [-0.2, -0.15) is 36.3 Å². The van der Waals surface area contributed by atoms with Crippen molar-refractivity contribution >= 4 is 58.7 Å². The molecule has 6 aliphatic heterocycles. The van der Waals surface area contributed by atoms with Crippen LogP contribution >= 0.6 is 0 Å². The first-order valence-electron chi connectivity index (χ1n) is 25.8. The van der Waals surface area contributed by atoms with E-state index in [9.17, 15) is 50.6 Å². The van der Waals surface area contributed by atoms with Gasteiger partial charge in [-0.15, -0.1) is 0 Å². The summed E-state index contributed by atoms with van der Waals surface area (Å²) >= 11 is 0. The first-order valence-corrected chi connectivity index (χ1v) is 25.8. The summed E-state index contributed by atoms with van der Waals surface area (Å²) in [6.45, 7) is 13.0. The van der Waals surface area contributed by atoms with E-state index in [2.05, 4.69) is 61.1 Å². The van der Waals surface area contributed by atoms with Crippen molar-refractivity contribution in [1.82, 2.24) is 39.9 Å². The number of ether oxygens (including phenoxy) is 6. The topological polar surface area (TPSA) is 310 Å². The lowest BCUT2D eigenvalue weighted by Gasteiger charge is -2.45. The molecule has 4 aromatic rings. The van der Waals surface area contributed by atoms with Crippen LogP contribution in [0.3, 0.4) is 0 Å². The number of amides is 4. The monoisotopic (exact) mass is 1150 g/mol. The number of halogens is 6. The number of carbonyl (C=O) groups is 4. The molecule has 10 rings (SSSR count). The van der Waals surface area contributed by atoms with Gasteiger partial charge in [-0.25, -0.2) is 44.3 Å². The van der Waals surface area contributed by atoms with Crippen molar-refractivity contribution in [3.63, 3.8) is 0 Å². The van der Waals surface area contributed by atoms with E-state index in [1.54, 1.807) is 12.1 Å². The van der Waals surface area contributed by atoms with E-state index in [0.29, 0.717) is 50.6 Å². The Bertz CT molecular complexity index is 2930. The molecule has 5 N–H and O–H groups in total. The van der Waals surface area contributed by atoms with Gasteiger partial charge < -0.3 is 49.1 Å². The smallest absolute Gasteiger partial charge is 0.403 e. The van der Waals surface area contributed by atoms with Crippen LogP contribution in [0.25, 0.3) is 0 Å². The molecule has 6 aliphatic rings. The fourth-order valence-corrected chi connectivity index (χ4v) is 9.22. The highest BCUT2D eigenvalue weighted by molar-refractivity contribution is 6.05. The number of nitrogens with two attached hydrogens (primary N) is 1. The van der Waals surface area contributed by atoms with Crippen molar-refractivity contribution in [2.45, 2.75) is 128 Å². The number of nitrogens with zero attached hydrogens (tertiary/aromatic N) is 12. The van der Waals surface area contributed by atoms with Gasteiger partial charge in [-0.1, -0.05) is 6.92 Å². The lowest BCUT2D eigenvalue weighted by atomic mass is 10.00. The molecule has 0 radical (unpaired) electrons. The zero-order chi connectivity index (χ0) is 58.6. The van der Waals surface area contributed by atoms with E-state index in [-0.39, 0.29) is 84.4 Å². The zero-order valence-electron chi connectivity index (χ0n) is 44.9. The number of carboxylic acids is 1. The third-order valence-electron chi connectivity index (χ3n) is 13.3. The number of piperidine rings is 2. The summed E-state index contributed by atoms with van der Waals surface area (Å²) < 4.78 is 106. The maximum atomic E-state index is 13.5. The lowest BCUT2D eigenvalue weighted by Crippen LogP contribution is -2.56. The molecule has 440 valence electrons. The molecule has 4 aromatic heterocycles. The molecule has 4 amide bonds. The largest absolute Gasteiger partial charge is 0.475 e. The number of alkyl halides is 6. The van der Waals surface area contributed by atoms with Crippen molar-refractivity contribution in [1.29, 1.82) is 0 Å². The van der Waals surface area contributed by atoms with Crippen LogP contribution in [0.1, 0.15) is 94.9 Å². The number of urea groups is 2. The molecule has 32 heteroatoms. The van der Waals surface area contributed by atoms with Crippen molar-refractivity contribution in [3.05, 3.63) is 48.6 Å². The SMILES string of the molecule is CC1(C)OC[C@@H](COc2ccnc(NC(=O)N3c4nc(C(=O)O)ncc4N4CCC[C@H]3C4)n2)O1.C[C@@H](CC(=O)c1ncc2c(n1)N(C(=O)Nc1nccc(OC[C@@H]3COC(C)(C)O3)n1)[C@H]1CCCN2C1)C(F)(F)F.C[C@@H](N)C(F)(F)F. The number of hydrogen-bond donors (Lipinski definition) is 4. The second kappa shape index (κ2) is 24.4. The Morgan fingerprint density at radius 1 is 0.704 bits per heavy atom. The van der Waals surface area contributed by atoms with Gasteiger partial charge >= 0.3 is 30.4 Å². The summed E-state index contributed by atoms with van der Waals surface area (Å²) in [6.07, 6.45) is -1.17. The number of rotatable bonds is 12. The summed E-state index contributed by atoms with van der Waals surface area (Å²) in [5, 5.41) is 14.7. The van der Waals surface area contributed by atoms with Crippen molar-refractivity contribution in [3.8, 4) is 11.8 Å². The minimum atomic E-state index is -4.52. The van der Waals surface area contributed by atoms with Crippen LogP contribution in [0, 0.1) is 5.92 Å². The summed E-state index contributed by atoms with van der Waals surface area (Å²) in [5.74, 6) is -5.11. The fraction of sp³-hybridized carbons (Fsp3) is 0.592. The van der Waals surface area contributed by atoms with Crippen LogP contribution < -0.4 is 45.4 Å². The van der Waals surface area contributed by atoms with Gasteiger partial charge in [-0.3, -0.25) is 25.2 Å². The number of hydrogen-bond acceptors (Lipinski definition) is 21. The van der Waals surface area contributed by atoms with E-state index >= 15 is 0 Å². The molecule has 4 fully saturated rings. The molecule has 0 aliphatic carbocycles. The quantitative estimate of drug-likeness (QED) is 0.0933. The van der Waals surface area contributed by atoms with Gasteiger partial charge in [0.25, 0.3) is 0 Å². The highest BCUT2D eigenvalue weighted by atomic mass is 19.4. The minimum Gasteiger partial charge on any atom is -0.475 e. The Labute approximate surface area is 459 Å². The Hall–Kier alpha value is -7.42. The van der Waals surface area contributed by atoms with Crippen molar-refractivity contribution < 1.29 is 79.0 Å². The summed E-state index contributed by atoms with van der Waals surface area (Å²) in [4.78, 5) is 90.9. The number of carboxylic acid groups (broad SMARTS) is 1. The number of anilines is 6. The van der Waals surface area contributed by atoms with Crippen LogP contribution in [0.4, 0.5) is 70.8 Å².